The summed E-state index contributed by atoms with van der Waals surface area (Å²) in [6.07, 6.45) is 3.70. The molecule has 28 heavy (non-hydrogen) atoms. The third-order valence-corrected chi connectivity index (χ3v) is 5.22. The molecular weight excluding hydrogens is 352 g/mol. The summed E-state index contributed by atoms with van der Waals surface area (Å²) in [6, 6.07) is 15.6. The normalized spacial score (nSPS) is 15.6. The molecule has 1 aliphatic rings. The highest BCUT2D eigenvalue weighted by atomic mass is 16.5. The van der Waals surface area contributed by atoms with E-state index in [-0.39, 0.29) is 11.9 Å². The summed E-state index contributed by atoms with van der Waals surface area (Å²) in [5.41, 5.74) is 1.85. The van der Waals surface area contributed by atoms with E-state index in [1.165, 1.54) is 24.8 Å². The number of methoxy groups -OCH3 is 1. The molecule has 150 valence electrons. The molecule has 0 spiro atoms. The first-order valence-electron chi connectivity index (χ1n) is 10.1. The molecule has 3 rings (SSSR count). The summed E-state index contributed by atoms with van der Waals surface area (Å²) in [5.74, 6) is 1.57. The summed E-state index contributed by atoms with van der Waals surface area (Å²) >= 11 is 0. The monoisotopic (exact) mass is 382 g/mol. The molecule has 1 fully saturated rings. The van der Waals surface area contributed by atoms with Gasteiger partial charge in [0, 0.05) is 12.1 Å². The number of piperidine rings is 1. The standard InChI is InChI=1S/C23H30N2O3/c1-3-28-21-13-9-19(10-14-21)23(26)24-17-22(25-15-5-4-6-16-25)18-7-11-20(27-2)12-8-18/h7-14,22H,3-6,15-17H2,1-2H3,(H,24,26). The highest BCUT2D eigenvalue weighted by Crippen LogP contribution is 2.26. The first-order valence-corrected chi connectivity index (χ1v) is 10.1. The number of rotatable bonds is 8. The molecule has 1 atom stereocenters. The highest BCUT2D eigenvalue weighted by Gasteiger charge is 2.23. The van der Waals surface area contributed by atoms with Gasteiger partial charge in [-0.3, -0.25) is 9.69 Å². The second-order valence-electron chi connectivity index (χ2n) is 7.05. The molecule has 0 aromatic heterocycles. The number of carbonyl (C=O) groups is 1. The van der Waals surface area contributed by atoms with Crippen LogP contribution in [-0.4, -0.2) is 44.2 Å². The number of hydrogen-bond acceptors (Lipinski definition) is 4. The summed E-state index contributed by atoms with van der Waals surface area (Å²) < 4.78 is 10.7. The van der Waals surface area contributed by atoms with Crippen molar-refractivity contribution in [2.75, 3.05) is 33.4 Å². The average molecular weight is 383 g/mol. The van der Waals surface area contributed by atoms with Gasteiger partial charge in [-0.1, -0.05) is 18.6 Å². The second kappa shape index (κ2) is 10.1. The maximum atomic E-state index is 12.6. The van der Waals surface area contributed by atoms with Gasteiger partial charge in [0.2, 0.25) is 0 Å². The highest BCUT2D eigenvalue weighted by molar-refractivity contribution is 5.94. The fourth-order valence-corrected chi connectivity index (χ4v) is 3.67. The van der Waals surface area contributed by atoms with Gasteiger partial charge in [-0.2, -0.15) is 0 Å². The molecule has 2 aromatic rings. The van der Waals surface area contributed by atoms with Gasteiger partial charge < -0.3 is 14.8 Å². The van der Waals surface area contributed by atoms with Crippen LogP contribution in [0.4, 0.5) is 0 Å². The van der Waals surface area contributed by atoms with E-state index < -0.39 is 0 Å². The van der Waals surface area contributed by atoms with Crippen LogP contribution in [0.5, 0.6) is 11.5 Å². The van der Waals surface area contributed by atoms with E-state index in [1.54, 1.807) is 7.11 Å². The molecule has 1 N–H and O–H groups in total. The van der Waals surface area contributed by atoms with Gasteiger partial charge in [-0.25, -0.2) is 0 Å². The van der Waals surface area contributed by atoms with Crippen LogP contribution in [0.25, 0.3) is 0 Å². The summed E-state index contributed by atoms with van der Waals surface area (Å²) in [6.45, 7) is 5.27. The van der Waals surface area contributed by atoms with Gasteiger partial charge in [0.1, 0.15) is 11.5 Å². The molecule has 2 aromatic carbocycles. The van der Waals surface area contributed by atoms with E-state index in [4.69, 9.17) is 9.47 Å². The third-order valence-electron chi connectivity index (χ3n) is 5.22. The minimum atomic E-state index is -0.0569. The van der Waals surface area contributed by atoms with Crippen molar-refractivity contribution >= 4 is 5.91 Å². The quantitative estimate of drug-likeness (QED) is 0.748. The van der Waals surface area contributed by atoms with Crippen molar-refractivity contribution in [3.05, 3.63) is 59.7 Å². The largest absolute Gasteiger partial charge is 0.497 e. The van der Waals surface area contributed by atoms with Crippen molar-refractivity contribution in [3.8, 4) is 11.5 Å². The number of nitrogens with zero attached hydrogens (tertiary/aromatic N) is 1. The van der Waals surface area contributed by atoms with Crippen molar-refractivity contribution in [1.29, 1.82) is 0 Å². The molecule has 5 heteroatoms. The number of likely N-dealkylation sites (tertiary alicyclic amines) is 1. The van der Waals surface area contributed by atoms with Crippen molar-refractivity contribution in [3.63, 3.8) is 0 Å². The smallest absolute Gasteiger partial charge is 0.251 e. The lowest BCUT2D eigenvalue weighted by atomic mass is 10.0. The Morgan fingerprint density at radius 3 is 2.25 bits per heavy atom. The van der Waals surface area contributed by atoms with Crippen LogP contribution in [0.3, 0.4) is 0 Å². The Labute approximate surface area is 167 Å². The Hall–Kier alpha value is -2.53. The molecule has 0 saturated carbocycles. The molecule has 0 radical (unpaired) electrons. The minimum absolute atomic E-state index is 0.0569. The zero-order chi connectivity index (χ0) is 19.8. The number of carbonyl (C=O) groups excluding carboxylic acids is 1. The first kappa shape index (κ1) is 20.2. The van der Waals surface area contributed by atoms with Crippen LogP contribution in [-0.2, 0) is 0 Å². The Balaban J connectivity index is 1.68. The number of nitrogens with one attached hydrogen (secondary N) is 1. The van der Waals surface area contributed by atoms with Crippen LogP contribution in [0.1, 0.15) is 48.1 Å². The molecule has 5 nitrogen and oxygen atoms in total. The molecule has 1 amide bonds. The molecular formula is C23H30N2O3. The minimum Gasteiger partial charge on any atom is -0.497 e. The molecule has 1 aliphatic heterocycles. The zero-order valence-corrected chi connectivity index (χ0v) is 16.8. The van der Waals surface area contributed by atoms with Gasteiger partial charge >= 0.3 is 0 Å². The number of hydrogen-bond donors (Lipinski definition) is 1. The van der Waals surface area contributed by atoms with Gasteiger partial charge in [0.05, 0.1) is 19.8 Å². The summed E-state index contributed by atoms with van der Waals surface area (Å²) in [5, 5.41) is 3.12. The maximum Gasteiger partial charge on any atom is 0.251 e. The number of benzene rings is 2. The van der Waals surface area contributed by atoms with E-state index in [0.29, 0.717) is 18.7 Å². The SMILES string of the molecule is CCOc1ccc(C(=O)NCC(c2ccc(OC)cc2)N2CCCCC2)cc1. The average Bonchev–Trinajstić information content (AvgIpc) is 2.76. The van der Waals surface area contributed by atoms with Crippen LogP contribution in [0, 0.1) is 0 Å². The Morgan fingerprint density at radius 1 is 1.00 bits per heavy atom. The topological polar surface area (TPSA) is 50.8 Å². The predicted octanol–water partition coefficient (Wildman–Crippen LogP) is 4.05. The van der Waals surface area contributed by atoms with Gasteiger partial charge in [-0.05, 0) is 74.8 Å². The fraction of sp³-hybridized carbons (Fsp3) is 0.435. The molecule has 1 unspecified atom stereocenters. The molecule has 1 heterocycles. The molecule has 0 aliphatic carbocycles. The summed E-state index contributed by atoms with van der Waals surface area (Å²) in [4.78, 5) is 15.1. The van der Waals surface area contributed by atoms with Gasteiger partial charge in [0.15, 0.2) is 0 Å². The Kier molecular flexibility index (Phi) is 7.31. The summed E-state index contributed by atoms with van der Waals surface area (Å²) in [7, 11) is 1.67. The van der Waals surface area contributed by atoms with E-state index in [1.807, 2.05) is 43.3 Å². The fourth-order valence-electron chi connectivity index (χ4n) is 3.67. The Bertz CT molecular complexity index is 737. The second-order valence-corrected chi connectivity index (χ2v) is 7.05. The number of ether oxygens (including phenoxy) is 2. The predicted molar refractivity (Wildman–Crippen MR) is 111 cm³/mol. The van der Waals surface area contributed by atoms with Gasteiger partial charge in [0.25, 0.3) is 5.91 Å². The third kappa shape index (κ3) is 5.26. The lowest BCUT2D eigenvalue weighted by molar-refractivity contribution is 0.0924. The lowest BCUT2D eigenvalue weighted by Gasteiger charge is -2.35. The van der Waals surface area contributed by atoms with Crippen LogP contribution < -0.4 is 14.8 Å². The van der Waals surface area contributed by atoms with E-state index in [0.717, 1.165) is 24.6 Å². The van der Waals surface area contributed by atoms with Crippen molar-refractivity contribution in [2.24, 2.45) is 0 Å². The lowest BCUT2D eigenvalue weighted by Crippen LogP contribution is -2.40. The van der Waals surface area contributed by atoms with E-state index in [2.05, 4.69) is 22.3 Å². The van der Waals surface area contributed by atoms with Crippen LogP contribution in [0.2, 0.25) is 0 Å². The van der Waals surface area contributed by atoms with Crippen molar-refractivity contribution in [2.45, 2.75) is 32.2 Å². The maximum absolute atomic E-state index is 12.6. The van der Waals surface area contributed by atoms with Gasteiger partial charge in [-0.15, -0.1) is 0 Å². The van der Waals surface area contributed by atoms with E-state index in [9.17, 15) is 4.79 Å². The first-order chi connectivity index (χ1) is 13.7. The zero-order valence-electron chi connectivity index (χ0n) is 16.8. The van der Waals surface area contributed by atoms with Crippen molar-refractivity contribution < 1.29 is 14.3 Å². The Morgan fingerprint density at radius 2 is 1.64 bits per heavy atom. The van der Waals surface area contributed by atoms with Crippen molar-refractivity contribution in [1.82, 2.24) is 10.2 Å². The van der Waals surface area contributed by atoms with E-state index >= 15 is 0 Å². The molecule has 0 bridgehead atoms. The van der Waals surface area contributed by atoms with Crippen LogP contribution in [0.15, 0.2) is 48.5 Å². The molecule has 1 saturated heterocycles. The van der Waals surface area contributed by atoms with Crippen LogP contribution >= 0.6 is 0 Å². The number of amides is 1.